The van der Waals surface area contributed by atoms with E-state index in [0.29, 0.717) is 6.42 Å². The number of carboxylic acid groups (broad SMARTS) is 3. The maximum absolute atomic E-state index is 11.8. The minimum absolute atomic E-state index is 0.121. The molecular formula is C27H41NO7. The molecule has 0 fully saturated rings. The number of hydrogen-bond donors (Lipinski definition) is 4. The Morgan fingerprint density at radius 2 is 1.00 bits per heavy atom. The van der Waals surface area contributed by atoms with Gasteiger partial charge in [-0.1, -0.05) is 63.2 Å². The number of aliphatic carboxylic acids is 3. The quantitative estimate of drug-likeness (QED) is 0.134. The minimum atomic E-state index is -1.22. The summed E-state index contributed by atoms with van der Waals surface area (Å²) in [5.74, 6) is 8.55. The van der Waals surface area contributed by atoms with Crippen LogP contribution in [0.25, 0.3) is 0 Å². The summed E-state index contributed by atoms with van der Waals surface area (Å²) in [7, 11) is 0. The van der Waals surface area contributed by atoms with Crippen LogP contribution in [0.1, 0.15) is 116 Å². The summed E-state index contributed by atoms with van der Waals surface area (Å²) in [6.07, 6.45) is 13.6. The standard InChI is InChI=1S/C27H41NO7/c29-24(28-23(27(34)35)21-22-26(32)33)19-17-15-13-11-9-7-5-3-1-2-4-6-8-10-12-14-16-18-20-25(30)31/h23H,5-22H2,(H,28,29)(H,30,31)(H,32,33)(H,34,35)/t23-/m0/s1. The fourth-order valence-corrected chi connectivity index (χ4v) is 3.41. The highest BCUT2D eigenvalue weighted by molar-refractivity contribution is 5.83. The van der Waals surface area contributed by atoms with Gasteiger partial charge < -0.3 is 20.6 Å². The Kier molecular flexibility index (Phi) is 20.8. The van der Waals surface area contributed by atoms with E-state index in [1.807, 2.05) is 0 Å². The van der Waals surface area contributed by atoms with Crippen molar-refractivity contribution in [2.24, 2.45) is 0 Å². The Balaban J connectivity index is 3.57. The molecule has 8 heteroatoms. The second-order valence-corrected chi connectivity index (χ2v) is 8.63. The SMILES string of the molecule is O=C(O)CCCCCCCCC#CC#CCCCCCCCCC(=O)N[C@@H](CCC(=O)O)C(=O)O. The molecular weight excluding hydrogens is 450 g/mol. The van der Waals surface area contributed by atoms with Crippen LogP contribution < -0.4 is 5.32 Å². The molecule has 1 amide bonds. The second kappa shape index (κ2) is 22.8. The second-order valence-electron chi connectivity index (χ2n) is 8.63. The van der Waals surface area contributed by atoms with Gasteiger partial charge in [0.05, 0.1) is 0 Å². The van der Waals surface area contributed by atoms with Gasteiger partial charge in [0.25, 0.3) is 0 Å². The molecule has 0 radical (unpaired) electrons. The van der Waals surface area contributed by atoms with Crippen molar-refractivity contribution in [2.45, 2.75) is 122 Å². The topological polar surface area (TPSA) is 141 Å². The lowest BCUT2D eigenvalue weighted by Crippen LogP contribution is -2.41. The minimum Gasteiger partial charge on any atom is -0.481 e. The van der Waals surface area contributed by atoms with E-state index in [2.05, 4.69) is 29.0 Å². The van der Waals surface area contributed by atoms with Gasteiger partial charge in [0, 0.05) is 32.1 Å². The lowest BCUT2D eigenvalue weighted by Gasteiger charge is -2.13. The molecule has 0 aliphatic rings. The molecule has 35 heavy (non-hydrogen) atoms. The van der Waals surface area contributed by atoms with E-state index < -0.39 is 23.9 Å². The fraction of sp³-hybridized carbons (Fsp3) is 0.704. The van der Waals surface area contributed by atoms with Crippen LogP contribution in [0.5, 0.6) is 0 Å². The summed E-state index contributed by atoms with van der Waals surface area (Å²) >= 11 is 0. The van der Waals surface area contributed by atoms with Crippen molar-refractivity contribution in [3.8, 4) is 23.7 Å². The molecule has 0 spiro atoms. The van der Waals surface area contributed by atoms with Crippen LogP contribution >= 0.6 is 0 Å². The highest BCUT2D eigenvalue weighted by atomic mass is 16.4. The summed E-state index contributed by atoms with van der Waals surface area (Å²) < 4.78 is 0. The zero-order valence-corrected chi connectivity index (χ0v) is 20.8. The molecule has 0 bridgehead atoms. The number of carbonyl (C=O) groups is 4. The third-order valence-electron chi connectivity index (χ3n) is 5.42. The Morgan fingerprint density at radius 1 is 0.571 bits per heavy atom. The van der Waals surface area contributed by atoms with Gasteiger partial charge >= 0.3 is 17.9 Å². The Labute approximate surface area is 209 Å². The van der Waals surface area contributed by atoms with Crippen molar-refractivity contribution in [3.63, 3.8) is 0 Å². The van der Waals surface area contributed by atoms with E-state index in [0.717, 1.165) is 83.5 Å². The number of nitrogens with one attached hydrogen (secondary N) is 1. The molecule has 0 aromatic carbocycles. The summed E-state index contributed by atoms with van der Waals surface area (Å²) in [5, 5.41) is 28.6. The van der Waals surface area contributed by atoms with Gasteiger partial charge in [-0.05, 0) is 43.9 Å². The van der Waals surface area contributed by atoms with Gasteiger partial charge in [-0.15, -0.1) is 0 Å². The van der Waals surface area contributed by atoms with E-state index in [4.69, 9.17) is 15.3 Å². The maximum Gasteiger partial charge on any atom is 0.326 e. The molecule has 0 aliphatic heterocycles. The number of amides is 1. The number of carboxylic acids is 3. The summed E-state index contributed by atoms with van der Waals surface area (Å²) in [5.41, 5.74) is 0. The van der Waals surface area contributed by atoms with Crippen molar-refractivity contribution in [1.29, 1.82) is 0 Å². The number of carbonyl (C=O) groups excluding carboxylic acids is 1. The molecule has 0 saturated heterocycles. The molecule has 0 rings (SSSR count). The molecule has 196 valence electrons. The Bertz CT molecular complexity index is 755. The number of hydrogen-bond acceptors (Lipinski definition) is 4. The average Bonchev–Trinajstić information content (AvgIpc) is 2.79. The van der Waals surface area contributed by atoms with Crippen molar-refractivity contribution in [3.05, 3.63) is 0 Å². The summed E-state index contributed by atoms with van der Waals surface area (Å²) in [6.45, 7) is 0. The molecule has 0 aromatic rings. The first kappa shape index (κ1) is 32.0. The lowest BCUT2D eigenvalue weighted by molar-refractivity contribution is -0.143. The van der Waals surface area contributed by atoms with Gasteiger partial charge in [0.2, 0.25) is 5.91 Å². The van der Waals surface area contributed by atoms with Crippen LogP contribution in [0.15, 0.2) is 0 Å². The van der Waals surface area contributed by atoms with Crippen LogP contribution in [0.4, 0.5) is 0 Å². The van der Waals surface area contributed by atoms with Gasteiger partial charge in [-0.25, -0.2) is 4.79 Å². The zero-order chi connectivity index (χ0) is 26.2. The molecule has 0 heterocycles. The number of unbranched alkanes of at least 4 members (excludes halogenated alkanes) is 12. The summed E-state index contributed by atoms with van der Waals surface area (Å²) in [6, 6.07) is -1.16. The first-order valence-corrected chi connectivity index (χ1v) is 12.7. The van der Waals surface area contributed by atoms with Crippen molar-refractivity contribution < 1.29 is 34.5 Å². The normalized spacial score (nSPS) is 10.9. The van der Waals surface area contributed by atoms with Crippen LogP contribution in [0, 0.1) is 23.7 Å². The van der Waals surface area contributed by atoms with Crippen LogP contribution in [0.2, 0.25) is 0 Å². The first-order valence-electron chi connectivity index (χ1n) is 12.7. The Morgan fingerprint density at radius 3 is 1.46 bits per heavy atom. The maximum atomic E-state index is 11.8. The van der Waals surface area contributed by atoms with Crippen LogP contribution in [-0.4, -0.2) is 45.2 Å². The monoisotopic (exact) mass is 491 g/mol. The smallest absolute Gasteiger partial charge is 0.326 e. The Hall–Kier alpha value is -3.00. The van der Waals surface area contributed by atoms with E-state index in [-0.39, 0.29) is 31.6 Å². The van der Waals surface area contributed by atoms with Gasteiger partial charge in [0.15, 0.2) is 0 Å². The predicted octanol–water partition coefficient (Wildman–Crippen LogP) is 4.75. The molecule has 0 unspecified atom stereocenters. The van der Waals surface area contributed by atoms with Crippen LogP contribution in [-0.2, 0) is 19.2 Å². The first-order chi connectivity index (χ1) is 16.8. The highest BCUT2D eigenvalue weighted by Gasteiger charge is 2.20. The molecule has 0 aliphatic carbocycles. The molecule has 4 N–H and O–H groups in total. The number of rotatable bonds is 21. The fourth-order valence-electron chi connectivity index (χ4n) is 3.41. The molecule has 1 atom stereocenters. The van der Waals surface area contributed by atoms with Crippen molar-refractivity contribution in [1.82, 2.24) is 5.32 Å². The molecule has 0 aromatic heterocycles. The highest BCUT2D eigenvalue weighted by Crippen LogP contribution is 2.09. The predicted molar refractivity (Wildman–Crippen MR) is 133 cm³/mol. The lowest BCUT2D eigenvalue weighted by atomic mass is 10.1. The van der Waals surface area contributed by atoms with Crippen LogP contribution in [0.3, 0.4) is 0 Å². The van der Waals surface area contributed by atoms with E-state index in [9.17, 15) is 19.2 Å². The van der Waals surface area contributed by atoms with Crippen molar-refractivity contribution in [2.75, 3.05) is 0 Å². The summed E-state index contributed by atoms with van der Waals surface area (Å²) in [4.78, 5) is 43.9. The largest absolute Gasteiger partial charge is 0.481 e. The van der Waals surface area contributed by atoms with E-state index in [1.165, 1.54) is 0 Å². The molecule has 0 saturated carbocycles. The van der Waals surface area contributed by atoms with Crippen molar-refractivity contribution >= 4 is 23.8 Å². The van der Waals surface area contributed by atoms with Gasteiger partial charge in [0.1, 0.15) is 6.04 Å². The van der Waals surface area contributed by atoms with Gasteiger partial charge in [-0.2, -0.15) is 0 Å². The molecule has 8 nitrogen and oxygen atoms in total. The zero-order valence-electron chi connectivity index (χ0n) is 20.8. The third kappa shape index (κ3) is 23.9. The van der Waals surface area contributed by atoms with E-state index >= 15 is 0 Å². The van der Waals surface area contributed by atoms with Gasteiger partial charge in [-0.3, -0.25) is 14.4 Å². The third-order valence-corrected chi connectivity index (χ3v) is 5.42. The average molecular weight is 492 g/mol. The van der Waals surface area contributed by atoms with E-state index in [1.54, 1.807) is 0 Å².